The SMILES string of the molecule is CC(C)(C)[Si](C)(C)O[C@H]1C[C@H]2O[C@@H](CCI)[C@H](O)[C@@H](OCc3ccccc3)[C@@H]2O[C@@H]1CCO[Si](c1ccccc1)(c1ccccc1)C(C)(C)C. The number of rotatable bonds is 13. The van der Waals surface area contributed by atoms with E-state index in [9.17, 15) is 5.11 Å². The molecule has 6 nitrogen and oxygen atoms in total. The Hall–Kier alpha value is -1.42. The van der Waals surface area contributed by atoms with Gasteiger partial charge in [-0.25, -0.2) is 0 Å². The smallest absolute Gasteiger partial charge is 0.261 e. The molecular weight excluding hydrogens is 772 g/mol. The molecule has 3 aromatic rings. The summed E-state index contributed by atoms with van der Waals surface area (Å²) in [5, 5.41) is 14.1. The minimum Gasteiger partial charge on any atom is -0.411 e. The minimum absolute atomic E-state index is 0.0362. The zero-order valence-corrected chi connectivity index (χ0v) is 35.5. The Morgan fingerprint density at radius 1 is 0.760 bits per heavy atom. The topological polar surface area (TPSA) is 66.4 Å². The Kier molecular flexibility index (Phi) is 13.3. The Balaban J connectivity index is 1.46. The number of halogens is 1. The summed E-state index contributed by atoms with van der Waals surface area (Å²) in [6.07, 6.45) is -0.596. The van der Waals surface area contributed by atoms with Crippen molar-refractivity contribution in [2.75, 3.05) is 11.0 Å². The van der Waals surface area contributed by atoms with Crippen LogP contribution in [-0.4, -0.2) is 75.5 Å². The molecule has 0 saturated carbocycles. The second-order valence-electron chi connectivity index (χ2n) is 16.5. The fourth-order valence-corrected chi connectivity index (χ4v) is 13.9. The van der Waals surface area contributed by atoms with Crippen molar-refractivity contribution in [3.8, 4) is 0 Å². The van der Waals surface area contributed by atoms with E-state index in [0.29, 0.717) is 26.1 Å². The normalized spacial score (nSPS) is 26.4. The number of hydrogen-bond donors (Lipinski definition) is 1. The van der Waals surface area contributed by atoms with E-state index in [1.807, 2.05) is 18.2 Å². The summed E-state index contributed by atoms with van der Waals surface area (Å²) in [7, 11) is -4.91. The zero-order valence-electron chi connectivity index (χ0n) is 31.3. The molecule has 2 fully saturated rings. The molecule has 0 bridgehead atoms. The van der Waals surface area contributed by atoms with Crippen molar-refractivity contribution in [3.05, 3.63) is 96.6 Å². The van der Waals surface area contributed by atoms with Crippen molar-refractivity contribution in [2.24, 2.45) is 0 Å². The third-order valence-corrected chi connectivity index (χ3v) is 21.2. The van der Waals surface area contributed by atoms with Crippen molar-refractivity contribution < 1.29 is 28.2 Å². The molecule has 3 aromatic carbocycles. The van der Waals surface area contributed by atoms with E-state index in [1.54, 1.807) is 0 Å². The molecule has 2 aliphatic rings. The Labute approximate surface area is 317 Å². The number of ether oxygens (including phenoxy) is 3. The molecule has 1 N–H and O–H groups in total. The summed E-state index contributed by atoms with van der Waals surface area (Å²) in [6, 6.07) is 31.7. The molecule has 2 aliphatic heterocycles. The zero-order chi connectivity index (χ0) is 36.2. The number of hydrogen-bond acceptors (Lipinski definition) is 6. The molecule has 0 unspecified atom stereocenters. The van der Waals surface area contributed by atoms with Crippen LogP contribution in [0, 0.1) is 0 Å². The van der Waals surface area contributed by atoms with Gasteiger partial charge in [-0.3, -0.25) is 0 Å². The van der Waals surface area contributed by atoms with Crippen LogP contribution >= 0.6 is 22.6 Å². The van der Waals surface area contributed by atoms with Gasteiger partial charge in [0.05, 0.1) is 31.0 Å². The van der Waals surface area contributed by atoms with E-state index >= 15 is 0 Å². The number of fused-ring (bicyclic) bond motifs is 1. The van der Waals surface area contributed by atoms with Crippen LogP contribution in [0.25, 0.3) is 0 Å². The Morgan fingerprint density at radius 3 is 1.84 bits per heavy atom. The lowest BCUT2D eigenvalue weighted by atomic mass is 9.86. The van der Waals surface area contributed by atoms with E-state index in [-0.39, 0.29) is 34.5 Å². The van der Waals surface area contributed by atoms with Gasteiger partial charge in [0.25, 0.3) is 8.32 Å². The summed E-state index contributed by atoms with van der Waals surface area (Å²) >= 11 is 2.36. The lowest BCUT2D eigenvalue weighted by Gasteiger charge is -2.52. The molecule has 7 atom stereocenters. The average Bonchev–Trinajstić information content (AvgIpc) is 3.07. The molecule has 50 heavy (non-hydrogen) atoms. The molecule has 274 valence electrons. The summed E-state index contributed by atoms with van der Waals surface area (Å²) in [6.45, 7) is 19.3. The first-order valence-electron chi connectivity index (χ1n) is 18.3. The minimum atomic E-state index is -2.74. The van der Waals surface area contributed by atoms with Gasteiger partial charge in [0, 0.05) is 17.5 Å². The van der Waals surface area contributed by atoms with Gasteiger partial charge in [-0.05, 0) is 51.9 Å². The van der Waals surface area contributed by atoms with Crippen LogP contribution in [0.5, 0.6) is 0 Å². The molecule has 0 aromatic heterocycles. The lowest BCUT2D eigenvalue weighted by molar-refractivity contribution is -0.290. The molecule has 0 amide bonds. The van der Waals surface area contributed by atoms with Crippen LogP contribution in [0.4, 0.5) is 0 Å². The van der Waals surface area contributed by atoms with Crippen LogP contribution in [0.2, 0.25) is 23.2 Å². The van der Waals surface area contributed by atoms with Gasteiger partial charge in [0.2, 0.25) is 0 Å². The molecule has 5 rings (SSSR count). The van der Waals surface area contributed by atoms with Gasteiger partial charge < -0.3 is 28.2 Å². The average molecular weight is 831 g/mol. The van der Waals surface area contributed by atoms with Crippen molar-refractivity contribution in [1.82, 2.24) is 0 Å². The van der Waals surface area contributed by atoms with Crippen LogP contribution in [0.15, 0.2) is 91.0 Å². The molecule has 0 aliphatic carbocycles. The van der Waals surface area contributed by atoms with Crippen LogP contribution in [-0.2, 0) is 29.7 Å². The Bertz CT molecular complexity index is 1420. The predicted molar refractivity (Wildman–Crippen MR) is 217 cm³/mol. The van der Waals surface area contributed by atoms with Gasteiger partial charge in [-0.2, -0.15) is 0 Å². The van der Waals surface area contributed by atoms with E-state index in [0.717, 1.165) is 16.4 Å². The van der Waals surface area contributed by atoms with Crippen molar-refractivity contribution in [2.45, 2.75) is 133 Å². The maximum Gasteiger partial charge on any atom is 0.261 e. The summed E-state index contributed by atoms with van der Waals surface area (Å²) in [5.74, 6) is 0. The van der Waals surface area contributed by atoms with E-state index in [2.05, 4.69) is 150 Å². The predicted octanol–water partition coefficient (Wildman–Crippen LogP) is 8.04. The standard InChI is InChI=1S/C41H59IO6Si2/c1-40(2,3)49(7,8)48-35-28-36-38(39(37(43)34(46-36)24-26-42)44-29-30-18-12-9-13-19-30)47-33(35)25-27-45-50(41(4,5)6,31-20-14-10-15-21-31)32-22-16-11-17-23-32/h9-23,33-39,43H,24-29H2,1-8H3/t33-,34+,35+,36-,37+,38-,39-/m1/s1. The van der Waals surface area contributed by atoms with Crippen LogP contribution in [0.3, 0.4) is 0 Å². The van der Waals surface area contributed by atoms with Crippen LogP contribution < -0.4 is 10.4 Å². The highest BCUT2D eigenvalue weighted by atomic mass is 127. The highest BCUT2D eigenvalue weighted by Gasteiger charge is 2.54. The second-order valence-corrected chi connectivity index (χ2v) is 26.7. The first-order valence-corrected chi connectivity index (χ1v) is 24.7. The van der Waals surface area contributed by atoms with Crippen LogP contribution in [0.1, 0.15) is 66.4 Å². The molecule has 2 saturated heterocycles. The first-order chi connectivity index (χ1) is 23.7. The maximum atomic E-state index is 11.7. The van der Waals surface area contributed by atoms with Gasteiger partial charge in [-0.15, -0.1) is 0 Å². The highest BCUT2D eigenvalue weighted by Crippen LogP contribution is 2.43. The molecular formula is C41H59IO6Si2. The fourth-order valence-electron chi connectivity index (χ4n) is 7.35. The number of aliphatic hydroxyl groups excluding tert-OH is 1. The highest BCUT2D eigenvalue weighted by molar-refractivity contribution is 14.1. The van der Waals surface area contributed by atoms with Crippen molar-refractivity contribution in [1.29, 1.82) is 0 Å². The fraction of sp³-hybridized carbons (Fsp3) is 0.561. The maximum absolute atomic E-state index is 11.7. The quantitative estimate of drug-likeness (QED) is 0.107. The summed E-state index contributed by atoms with van der Waals surface area (Å²) in [5.41, 5.74) is 1.07. The Morgan fingerprint density at radius 2 is 1.32 bits per heavy atom. The lowest BCUT2D eigenvalue weighted by Crippen LogP contribution is -2.67. The van der Waals surface area contributed by atoms with Gasteiger partial charge in [0.1, 0.15) is 18.3 Å². The largest absolute Gasteiger partial charge is 0.411 e. The number of aliphatic hydroxyl groups is 1. The molecule has 9 heteroatoms. The second kappa shape index (κ2) is 16.7. The third kappa shape index (κ3) is 8.85. The number of benzene rings is 3. The molecule has 0 radical (unpaired) electrons. The first kappa shape index (κ1) is 39.8. The van der Waals surface area contributed by atoms with E-state index in [1.165, 1.54) is 10.4 Å². The van der Waals surface area contributed by atoms with Crippen molar-refractivity contribution >= 4 is 49.6 Å². The summed E-state index contributed by atoms with van der Waals surface area (Å²) in [4.78, 5) is 0. The molecule has 2 heterocycles. The molecule has 0 spiro atoms. The summed E-state index contributed by atoms with van der Waals surface area (Å²) < 4.78 is 35.8. The van der Waals surface area contributed by atoms with Gasteiger partial charge in [-0.1, -0.05) is 155 Å². The van der Waals surface area contributed by atoms with Crippen molar-refractivity contribution in [3.63, 3.8) is 0 Å². The van der Waals surface area contributed by atoms with E-state index < -0.39 is 34.9 Å². The van der Waals surface area contributed by atoms with Gasteiger partial charge >= 0.3 is 0 Å². The number of alkyl halides is 1. The van der Waals surface area contributed by atoms with Gasteiger partial charge in [0.15, 0.2) is 8.32 Å². The third-order valence-electron chi connectivity index (χ3n) is 11.0. The monoisotopic (exact) mass is 830 g/mol. The van der Waals surface area contributed by atoms with E-state index in [4.69, 9.17) is 23.1 Å².